The largest absolute Gasteiger partial charge is 0.370 e. The smallest absolute Gasteiger partial charge is 0.314 e. The van der Waals surface area contributed by atoms with Crippen LogP contribution in [0.25, 0.3) is 16.9 Å². The van der Waals surface area contributed by atoms with Crippen LogP contribution in [-0.2, 0) is 0 Å². The molecule has 0 bridgehead atoms. The fraction of sp³-hybridized carbons (Fsp3) is 0.316. The van der Waals surface area contributed by atoms with E-state index in [9.17, 15) is 4.79 Å². The maximum Gasteiger partial charge on any atom is 0.314 e. The van der Waals surface area contributed by atoms with E-state index in [0.29, 0.717) is 35.1 Å². The summed E-state index contributed by atoms with van der Waals surface area (Å²) >= 11 is 6.36. The number of urea groups is 1. The number of anilines is 1. The first kappa shape index (κ1) is 18.6. The molecule has 28 heavy (non-hydrogen) atoms. The number of carbonyl (C=O) groups is 1. The summed E-state index contributed by atoms with van der Waals surface area (Å²) < 4.78 is 1.68. The van der Waals surface area contributed by atoms with Crippen molar-refractivity contribution in [1.82, 2.24) is 19.5 Å². The van der Waals surface area contributed by atoms with Crippen LogP contribution in [0.3, 0.4) is 0 Å². The zero-order valence-corrected chi connectivity index (χ0v) is 16.1. The van der Waals surface area contributed by atoms with Gasteiger partial charge in [-0.15, -0.1) is 0 Å². The van der Waals surface area contributed by atoms with Crippen molar-refractivity contribution in [3.8, 4) is 11.3 Å². The Kier molecular flexibility index (Phi) is 5.13. The molecule has 1 fully saturated rings. The van der Waals surface area contributed by atoms with Crippen LogP contribution in [0.4, 0.5) is 10.6 Å². The highest BCUT2D eigenvalue weighted by molar-refractivity contribution is 6.36. The Morgan fingerprint density at radius 3 is 3.00 bits per heavy atom. The number of hydrogen-bond donors (Lipinski definition) is 2. The third kappa shape index (κ3) is 3.64. The summed E-state index contributed by atoms with van der Waals surface area (Å²) in [4.78, 5) is 17.8. The van der Waals surface area contributed by atoms with Gasteiger partial charge in [-0.05, 0) is 30.3 Å². The van der Waals surface area contributed by atoms with E-state index in [2.05, 4.69) is 15.4 Å². The van der Waals surface area contributed by atoms with E-state index >= 15 is 0 Å². The number of primary amides is 1. The molecule has 0 aliphatic carbocycles. The van der Waals surface area contributed by atoms with E-state index in [1.807, 2.05) is 30.3 Å². The van der Waals surface area contributed by atoms with Gasteiger partial charge < -0.3 is 16.0 Å². The van der Waals surface area contributed by atoms with Gasteiger partial charge in [0.15, 0.2) is 5.65 Å². The second kappa shape index (κ2) is 7.71. The van der Waals surface area contributed by atoms with E-state index in [-0.39, 0.29) is 6.03 Å². The lowest BCUT2D eigenvalue weighted by Gasteiger charge is -2.31. The van der Waals surface area contributed by atoms with Gasteiger partial charge in [-0.1, -0.05) is 29.8 Å². The van der Waals surface area contributed by atoms with Crippen LogP contribution >= 0.6 is 11.6 Å². The van der Waals surface area contributed by atoms with Crippen molar-refractivity contribution in [3.63, 3.8) is 0 Å². The molecule has 7 nitrogen and oxygen atoms in total. The van der Waals surface area contributed by atoms with E-state index in [1.165, 1.54) is 0 Å². The van der Waals surface area contributed by atoms with E-state index in [4.69, 9.17) is 25.2 Å². The van der Waals surface area contributed by atoms with Gasteiger partial charge in [0.25, 0.3) is 0 Å². The van der Waals surface area contributed by atoms with Gasteiger partial charge in [0, 0.05) is 42.5 Å². The molecule has 1 aromatic carbocycles. The molecule has 3 aromatic rings. The zero-order chi connectivity index (χ0) is 19.7. The van der Waals surface area contributed by atoms with Crippen molar-refractivity contribution in [2.75, 3.05) is 25.0 Å². The van der Waals surface area contributed by atoms with Crippen molar-refractivity contribution in [1.29, 1.82) is 0 Å². The van der Waals surface area contributed by atoms with Crippen molar-refractivity contribution in [2.24, 2.45) is 11.7 Å². The van der Waals surface area contributed by atoms with Crippen LogP contribution in [0.15, 0.2) is 36.5 Å². The molecule has 1 aliphatic heterocycles. The molecule has 3 N–H and O–H groups in total. The number of piperidine rings is 1. The third-order valence-electron chi connectivity index (χ3n) is 5.05. The maximum atomic E-state index is 11.5. The lowest BCUT2D eigenvalue weighted by molar-refractivity contribution is 0.177. The maximum absolute atomic E-state index is 11.5. The minimum atomic E-state index is -0.364. The predicted molar refractivity (Wildman–Crippen MR) is 111 cm³/mol. The highest BCUT2D eigenvalue weighted by Crippen LogP contribution is 2.28. The number of nitrogens with zero attached hydrogens (tertiary/aromatic N) is 4. The van der Waals surface area contributed by atoms with Crippen LogP contribution in [0, 0.1) is 5.92 Å². The Morgan fingerprint density at radius 1 is 1.39 bits per heavy atom. The van der Waals surface area contributed by atoms with Gasteiger partial charge >= 0.3 is 6.03 Å². The molecule has 1 aliphatic rings. The molecule has 1 atom stereocenters. The zero-order valence-electron chi connectivity index (χ0n) is 15.3. The number of nitrogens with one attached hydrogen (secondary N) is 1. The molecule has 3 heterocycles. The number of carbonyl (C=O) groups excluding carboxylic acids is 1. The van der Waals surface area contributed by atoms with Gasteiger partial charge in [-0.25, -0.2) is 9.78 Å². The number of nitrogens with two attached hydrogens (primary N) is 1. The molecular weight excluding hydrogens is 375 g/mol. The summed E-state index contributed by atoms with van der Waals surface area (Å²) in [6.07, 6.45) is 3.56. The number of amides is 2. The Hall–Kier alpha value is -2.74. The van der Waals surface area contributed by atoms with Crippen molar-refractivity contribution < 1.29 is 4.79 Å². The number of halogens is 1. The number of hydrogen-bond acceptors (Lipinski definition) is 4. The monoisotopic (exact) mass is 394 g/mol. The minimum absolute atomic E-state index is 0.307. The van der Waals surface area contributed by atoms with Gasteiger partial charge in [-0.2, -0.15) is 9.61 Å². The topological polar surface area (TPSA) is 88.5 Å². The van der Waals surface area contributed by atoms with Gasteiger partial charge in [0.05, 0.1) is 5.69 Å². The summed E-state index contributed by atoms with van der Waals surface area (Å²) in [5.41, 5.74) is 8.04. The van der Waals surface area contributed by atoms with E-state index < -0.39 is 0 Å². The fourth-order valence-corrected chi connectivity index (χ4v) is 3.83. The molecular formula is C19H20BClN6O. The van der Waals surface area contributed by atoms with Crippen molar-refractivity contribution in [3.05, 3.63) is 41.6 Å². The lowest BCUT2D eigenvalue weighted by Crippen LogP contribution is -2.44. The molecule has 0 spiro atoms. The predicted octanol–water partition coefficient (Wildman–Crippen LogP) is 2.05. The second-order valence-corrected chi connectivity index (χ2v) is 7.42. The lowest BCUT2D eigenvalue weighted by atomic mass is 9.98. The molecule has 9 heteroatoms. The minimum Gasteiger partial charge on any atom is -0.370 e. The first-order valence-corrected chi connectivity index (χ1v) is 9.58. The first-order valence-electron chi connectivity index (χ1n) is 9.20. The molecule has 0 saturated carbocycles. The molecule has 142 valence electrons. The average Bonchev–Trinajstić information content (AvgIpc) is 3.08. The van der Waals surface area contributed by atoms with Crippen LogP contribution in [0.2, 0.25) is 5.02 Å². The fourth-order valence-electron chi connectivity index (χ4n) is 3.59. The van der Waals surface area contributed by atoms with Crippen molar-refractivity contribution in [2.45, 2.75) is 12.8 Å². The van der Waals surface area contributed by atoms with Gasteiger partial charge in [0.1, 0.15) is 13.7 Å². The van der Waals surface area contributed by atoms with Crippen LogP contribution in [-0.4, -0.2) is 53.0 Å². The summed E-state index contributed by atoms with van der Waals surface area (Å²) in [6.45, 7) is 2.05. The molecule has 1 unspecified atom stereocenters. The number of aromatic nitrogens is 3. The second-order valence-electron chi connectivity index (χ2n) is 7.02. The molecule has 2 aromatic heterocycles. The number of benzene rings is 1. The highest BCUT2D eigenvalue weighted by Gasteiger charge is 2.22. The first-order chi connectivity index (χ1) is 13.5. The summed E-state index contributed by atoms with van der Waals surface area (Å²) in [6, 6.07) is 9.09. The van der Waals surface area contributed by atoms with E-state index in [1.54, 1.807) is 15.6 Å². The number of likely N-dealkylation sites (tertiary alicyclic amines) is 1. The average molecular weight is 395 g/mol. The Bertz CT molecular complexity index is 1020. The molecule has 2 radical (unpaired) electrons. The van der Waals surface area contributed by atoms with Crippen LogP contribution in [0.1, 0.15) is 12.8 Å². The SMILES string of the molecule is [B]c1cnn2c(NCC3CCCN(C(N)=O)C3)cc(-c3ccccc3Cl)nc12. The molecule has 1 saturated heterocycles. The quantitative estimate of drug-likeness (QED) is 0.663. The summed E-state index contributed by atoms with van der Waals surface area (Å²) in [5, 5.41) is 8.39. The van der Waals surface area contributed by atoms with Crippen LogP contribution < -0.4 is 16.5 Å². The van der Waals surface area contributed by atoms with Gasteiger partial charge in [-0.3, -0.25) is 0 Å². The van der Waals surface area contributed by atoms with Gasteiger partial charge in [0.2, 0.25) is 0 Å². The molecule has 2 amide bonds. The number of fused-ring (bicyclic) bond motifs is 1. The Morgan fingerprint density at radius 2 is 2.21 bits per heavy atom. The van der Waals surface area contributed by atoms with Crippen LogP contribution in [0.5, 0.6) is 0 Å². The standard InChI is InChI=1S/C19H20BClN6O/c20-14-10-24-27-17(23-9-12-4-3-7-26(11-12)19(22)28)8-16(25-18(14)27)13-5-1-2-6-15(13)21/h1-2,5-6,8,10,12,23H,3-4,7,9,11H2,(H2,22,28). The Balaban J connectivity index is 1.63. The highest BCUT2D eigenvalue weighted by atomic mass is 35.5. The Labute approximate surface area is 169 Å². The van der Waals surface area contributed by atoms with Crippen molar-refractivity contribution >= 4 is 42.4 Å². The third-order valence-corrected chi connectivity index (χ3v) is 5.38. The van der Waals surface area contributed by atoms with E-state index in [0.717, 1.165) is 36.5 Å². The molecule has 4 rings (SSSR count). The normalized spacial score (nSPS) is 17.0. The summed E-state index contributed by atoms with van der Waals surface area (Å²) in [5.74, 6) is 1.08. The summed E-state index contributed by atoms with van der Waals surface area (Å²) in [7, 11) is 6.06. The number of rotatable bonds is 4.